The number of aliphatic hydroxyl groups is 1. The summed E-state index contributed by atoms with van der Waals surface area (Å²) in [5.41, 5.74) is 1.33. The van der Waals surface area contributed by atoms with E-state index < -0.39 is 17.7 Å². The molecule has 0 spiro atoms. The molecule has 1 N–H and O–H groups in total. The number of hydrogen-bond acceptors (Lipinski definition) is 6. The molecule has 32 heavy (non-hydrogen) atoms. The first-order valence-corrected chi connectivity index (χ1v) is 11.3. The zero-order valence-electron chi connectivity index (χ0n) is 17.8. The van der Waals surface area contributed by atoms with Gasteiger partial charge in [-0.2, -0.15) is 0 Å². The van der Waals surface area contributed by atoms with Crippen LogP contribution in [0.3, 0.4) is 0 Å². The Balaban J connectivity index is 1.71. The molecule has 1 atom stereocenters. The summed E-state index contributed by atoms with van der Waals surface area (Å²) >= 11 is 3.43. The fourth-order valence-electron chi connectivity index (χ4n) is 4.08. The number of ether oxygens (including phenoxy) is 2. The summed E-state index contributed by atoms with van der Waals surface area (Å²) in [6.07, 6.45) is 0. The summed E-state index contributed by atoms with van der Waals surface area (Å²) in [7, 11) is 1.56. The maximum atomic E-state index is 13.1. The predicted octanol–water partition coefficient (Wildman–Crippen LogP) is 3.21. The minimum Gasteiger partial charge on any atom is -0.507 e. The van der Waals surface area contributed by atoms with Gasteiger partial charge in [0, 0.05) is 36.2 Å². The Morgan fingerprint density at radius 1 is 1.06 bits per heavy atom. The van der Waals surface area contributed by atoms with Crippen LogP contribution < -0.4 is 4.74 Å². The van der Waals surface area contributed by atoms with Gasteiger partial charge in [0.25, 0.3) is 11.7 Å². The minimum atomic E-state index is -0.673. The Morgan fingerprint density at radius 3 is 2.34 bits per heavy atom. The van der Waals surface area contributed by atoms with Crippen LogP contribution in [-0.4, -0.2) is 73.1 Å². The molecule has 0 aromatic heterocycles. The SMILES string of the molecule is COc1ccc(/C(O)=C2\C(=O)C(=O)N(CCN3CCOCC3)[C@H]2c2ccc(Br)cc2)cc1. The first-order valence-electron chi connectivity index (χ1n) is 10.5. The number of methoxy groups -OCH3 is 1. The van der Waals surface area contributed by atoms with Crippen molar-refractivity contribution in [2.24, 2.45) is 0 Å². The van der Waals surface area contributed by atoms with Gasteiger partial charge in [0.1, 0.15) is 11.5 Å². The number of hydrogen-bond donors (Lipinski definition) is 1. The van der Waals surface area contributed by atoms with Crippen molar-refractivity contribution in [1.82, 2.24) is 9.80 Å². The molecule has 0 radical (unpaired) electrons. The van der Waals surface area contributed by atoms with E-state index in [1.54, 1.807) is 36.3 Å². The van der Waals surface area contributed by atoms with Crippen LogP contribution in [0.1, 0.15) is 17.2 Å². The summed E-state index contributed by atoms with van der Waals surface area (Å²) in [5, 5.41) is 11.1. The van der Waals surface area contributed by atoms with E-state index in [0.717, 1.165) is 23.1 Å². The lowest BCUT2D eigenvalue weighted by Gasteiger charge is -2.31. The number of rotatable bonds is 6. The molecule has 2 aliphatic heterocycles. The Kier molecular flexibility index (Phi) is 6.93. The number of amides is 1. The van der Waals surface area contributed by atoms with E-state index in [-0.39, 0.29) is 11.3 Å². The quantitative estimate of drug-likeness (QED) is 0.372. The molecule has 2 fully saturated rings. The van der Waals surface area contributed by atoms with Gasteiger partial charge < -0.3 is 19.5 Å². The van der Waals surface area contributed by atoms with Gasteiger partial charge in [-0.05, 0) is 42.0 Å². The van der Waals surface area contributed by atoms with E-state index in [4.69, 9.17) is 9.47 Å². The van der Waals surface area contributed by atoms with Crippen LogP contribution in [0.5, 0.6) is 5.75 Å². The summed E-state index contributed by atoms with van der Waals surface area (Å²) in [6.45, 7) is 3.91. The standard InChI is InChI=1S/C24H25BrN2O5/c1-31-19-8-4-17(5-9-19)22(28)20-21(16-2-6-18(25)7-3-16)27(24(30)23(20)29)11-10-26-12-14-32-15-13-26/h2-9,21,28H,10-15H2,1H3/b22-20+/t21-/m0/s1. The van der Waals surface area contributed by atoms with E-state index >= 15 is 0 Å². The van der Waals surface area contributed by atoms with Crippen molar-refractivity contribution in [2.45, 2.75) is 6.04 Å². The number of nitrogens with zero attached hydrogens (tertiary/aromatic N) is 2. The van der Waals surface area contributed by atoms with Crippen LogP contribution in [-0.2, 0) is 14.3 Å². The van der Waals surface area contributed by atoms with Crippen LogP contribution in [0.4, 0.5) is 0 Å². The van der Waals surface area contributed by atoms with Gasteiger partial charge in [-0.3, -0.25) is 14.5 Å². The number of halogens is 1. The average Bonchev–Trinajstić information content (AvgIpc) is 3.08. The van der Waals surface area contributed by atoms with Crippen molar-refractivity contribution < 1.29 is 24.2 Å². The topological polar surface area (TPSA) is 79.3 Å². The molecule has 0 saturated carbocycles. The van der Waals surface area contributed by atoms with Crippen LogP contribution in [0.15, 0.2) is 58.6 Å². The number of aliphatic hydroxyl groups excluding tert-OH is 1. The molecule has 2 aromatic rings. The number of carbonyl (C=O) groups is 2. The molecule has 1 amide bonds. The van der Waals surface area contributed by atoms with E-state index in [2.05, 4.69) is 20.8 Å². The van der Waals surface area contributed by atoms with E-state index in [1.165, 1.54) is 0 Å². The third-order valence-electron chi connectivity index (χ3n) is 5.85. The predicted molar refractivity (Wildman–Crippen MR) is 123 cm³/mol. The number of benzene rings is 2. The number of Topliss-reactive ketones (excluding diaryl/α,β-unsaturated/α-hetero) is 1. The summed E-state index contributed by atoms with van der Waals surface area (Å²) in [4.78, 5) is 29.9. The molecule has 7 nitrogen and oxygen atoms in total. The maximum absolute atomic E-state index is 13.1. The molecule has 2 aliphatic rings. The van der Waals surface area contributed by atoms with Crippen LogP contribution in [0, 0.1) is 0 Å². The monoisotopic (exact) mass is 500 g/mol. The molecular weight excluding hydrogens is 476 g/mol. The van der Waals surface area contributed by atoms with Crippen molar-refractivity contribution >= 4 is 33.4 Å². The lowest BCUT2D eigenvalue weighted by molar-refractivity contribution is -0.140. The highest BCUT2D eigenvalue weighted by Crippen LogP contribution is 2.39. The molecule has 0 unspecified atom stereocenters. The number of carbonyl (C=O) groups excluding carboxylic acids is 2. The lowest BCUT2D eigenvalue weighted by Crippen LogP contribution is -2.42. The second-order valence-corrected chi connectivity index (χ2v) is 8.64. The van der Waals surface area contributed by atoms with Gasteiger partial charge in [-0.15, -0.1) is 0 Å². The molecule has 8 heteroatoms. The molecule has 0 bridgehead atoms. The highest BCUT2D eigenvalue weighted by molar-refractivity contribution is 9.10. The van der Waals surface area contributed by atoms with Crippen molar-refractivity contribution in [3.05, 3.63) is 69.7 Å². The smallest absolute Gasteiger partial charge is 0.295 e. The second-order valence-electron chi connectivity index (χ2n) is 7.73. The van der Waals surface area contributed by atoms with Gasteiger partial charge >= 0.3 is 0 Å². The molecule has 4 rings (SSSR count). The van der Waals surface area contributed by atoms with Gasteiger partial charge in [0.2, 0.25) is 0 Å². The minimum absolute atomic E-state index is 0.101. The van der Waals surface area contributed by atoms with Gasteiger partial charge in [-0.1, -0.05) is 28.1 Å². The molecule has 2 heterocycles. The van der Waals surface area contributed by atoms with Crippen molar-refractivity contribution in [3.63, 3.8) is 0 Å². The molecule has 0 aliphatic carbocycles. The Labute approximate surface area is 195 Å². The summed E-state index contributed by atoms with van der Waals surface area (Å²) in [5.74, 6) is -0.820. The summed E-state index contributed by atoms with van der Waals surface area (Å²) in [6, 6.07) is 13.6. The highest BCUT2D eigenvalue weighted by atomic mass is 79.9. The maximum Gasteiger partial charge on any atom is 0.295 e. The zero-order valence-corrected chi connectivity index (χ0v) is 19.4. The molecule has 2 aromatic carbocycles. The number of morpholine rings is 1. The van der Waals surface area contributed by atoms with Crippen LogP contribution in [0.25, 0.3) is 5.76 Å². The third-order valence-corrected chi connectivity index (χ3v) is 6.38. The second kappa shape index (κ2) is 9.85. The number of likely N-dealkylation sites (tertiary alicyclic amines) is 1. The average molecular weight is 501 g/mol. The van der Waals surface area contributed by atoms with Gasteiger partial charge in [0.05, 0.1) is 31.9 Å². The molecular formula is C24H25BrN2O5. The number of ketones is 1. The van der Waals surface area contributed by atoms with Crippen molar-refractivity contribution in [1.29, 1.82) is 0 Å². The fraction of sp³-hybridized carbons (Fsp3) is 0.333. The molecule has 2 saturated heterocycles. The van der Waals surface area contributed by atoms with Crippen LogP contribution in [0.2, 0.25) is 0 Å². The zero-order chi connectivity index (χ0) is 22.7. The Morgan fingerprint density at radius 2 is 1.72 bits per heavy atom. The first-order chi connectivity index (χ1) is 15.5. The third kappa shape index (κ3) is 4.57. The Bertz CT molecular complexity index is 1010. The first kappa shape index (κ1) is 22.5. The van der Waals surface area contributed by atoms with Crippen LogP contribution >= 0.6 is 15.9 Å². The van der Waals surface area contributed by atoms with Crippen molar-refractivity contribution in [2.75, 3.05) is 46.5 Å². The fourth-order valence-corrected chi connectivity index (χ4v) is 4.34. The van der Waals surface area contributed by atoms with E-state index in [9.17, 15) is 14.7 Å². The normalized spacial score (nSPS) is 21.2. The van der Waals surface area contributed by atoms with Gasteiger partial charge in [-0.25, -0.2) is 0 Å². The largest absolute Gasteiger partial charge is 0.507 e. The Hall–Kier alpha value is -2.68. The summed E-state index contributed by atoms with van der Waals surface area (Å²) < 4.78 is 11.5. The van der Waals surface area contributed by atoms with Crippen molar-refractivity contribution in [3.8, 4) is 5.75 Å². The lowest BCUT2D eigenvalue weighted by atomic mass is 9.95. The molecule has 168 valence electrons. The van der Waals surface area contributed by atoms with E-state index in [1.807, 2.05) is 24.3 Å². The highest BCUT2D eigenvalue weighted by Gasteiger charge is 2.46. The van der Waals surface area contributed by atoms with E-state index in [0.29, 0.717) is 37.6 Å². The van der Waals surface area contributed by atoms with Gasteiger partial charge in [0.15, 0.2) is 0 Å².